The molecule has 0 fully saturated rings. The van der Waals surface area contributed by atoms with Gasteiger partial charge in [-0.05, 0) is 42.8 Å². The molecule has 0 saturated carbocycles. The molecule has 252 valence electrons. The van der Waals surface area contributed by atoms with E-state index in [-0.39, 0.29) is 29.5 Å². The molecule has 2 atom stereocenters. The number of nitro groups is 2. The first kappa shape index (κ1) is 35.1. The van der Waals surface area contributed by atoms with Crippen molar-refractivity contribution in [2.45, 2.75) is 38.3 Å². The standard InChI is InChI=1S/C33H26N2O14/c1-3-13-23(36)45-26-24(32(40)49-48-31(39)22-18-11-6-12-19-22)25(34(41)42)27(46-29(37)20-14-7-4-8-15-20)33(2,35(43)44)28(26)47-30(38)21-16-9-5-10-17-21/h4-12,14-19,27H,3,13H2,1-2H3. The van der Waals surface area contributed by atoms with Gasteiger partial charge in [-0.1, -0.05) is 61.5 Å². The van der Waals surface area contributed by atoms with Crippen LogP contribution >= 0.6 is 0 Å². The normalized spacial score (nSPS) is 17.0. The van der Waals surface area contributed by atoms with Crippen LogP contribution in [0.25, 0.3) is 0 Å². The number of ether oxygens (including phenoxy) is 3. The number of carbonyl (C=O) groups is 5. The molecule has 0 bridgehead atoms. The van der Waals surface area contributed by atoms with Crippen molar-refractivity contribution in [1.82, 2.24) is 0 Å². The zero-order valence-electron chi connectivity index (χ0n) is 25.8. The summed E-state index contributed by atoms with van der Waals surface area (Å²) in [5.41, 5.74) is -6.49. The predicted octanol–water partition coefficient (Wildman–Crippen LogP) is 4.52. The Morgan fingerprint density at radius 3 is 1.63 bits per heavy atom. The van der Waals surface area contributed by atoms with E-state index in [1.54, 1.807) is 19.1 Å². The van der Waals surface area contributed by atoms with Crippen molar-refractivity contribution < 1.29 is 57.8 Å². The van der Waals surface area contributed by atoms with Crippen LogP contribution in [0.4, 0.5) is 0 Å². The van der Waals surface area contributed by atoms with Gasteiger partial charge in [0.15, 0.2) is 11.3 Å². The van der Waals surface area contributed by atoms with Gasteiger partial charge in [0.05, 0.1) is 21.6 Å². The van der Waals surface area contributed by atoms with Crippen molar-refractivity contribution >= 4 is 29.8 Å². The molecule has 3 aromatic carbocycles. The summed E-state index contributed by atoms with van der Waals surface area (Å²) < 4.78 is 16.1. The maximum Gasteiger partial charge on any atom is 0.397 e. The molecule has 16 heteroatoms. The van der Waals surface area contributed by atoms with Crippen LogP contribution in [-0.4, -0.2) is 51.3 Å². The quantitative estimate of drug-likeness (QED) is 0.0898. The Morgan fingerprint density at radius 2 is 1.16 bits per heavy atom. The fraction of sp³-hybridized carbons (Fsp3) is 0.182. The van der Waals surface area contributed by atoms with E-state index < -0.39 is 74.1 Å². The summed E-state index contributed by atoms with van der Waals surface area (Å²) in [7, 11) is 0. The number of hydrogen-bond acceptors (Lipinski definition) is 14. The first-order valence-corrected chi connectivity index (χ1v) is 14.4. The zero-order chi connectivity index (χ0) is 35.7. The molecule has 2 unspecified atom stereocenters. The number of nitrogens with zero attached hydrogens (tertiary/aromatic N) is 2. The minimum Gasteiger partial charge on any atom is -0.439 e. The van der Waals surface area contributed by atoms with Crippen LogP contribution in [0, 0.1) is 20.2 Å². The molecule has 0 radical (unpaired) electrons. The van der Waals surface area contributed by atoms with Gasteiger partial charge < -0.3 is 14.2 Å². The molecular formula is C33H26N2O14. The lowest BCUT2D eigenvalue weighted by Gasteiger charge is -2.33. The van der Waals surface area contributed by atoms with Crippen molar-refractivity contribution in [3.05, 3.63) is 151 Å². The van der Waals surface area contributed by atoms with Gasteiger partial charge >= 0.3 is 41.1 Å². The second-order valence-electron chi connectivity index (χ2n) is 10.3. The fourth-order valence-electron chi connectivity index (χ4n) is 4.54. The Labute approximate surface area is 276 Å². The average Bonchev–Trinajstić information content (AvgIpc) is 3.10. The second-order valence-corrected chi connectivity index (χ2v) is 10.3. The van der Waals surface area contributed by atoms with Crippen LogP contribution < -0.4 is 0 Å². The monoisotopic (exact) mass is 674 g/mol. The van der Waals surface area contributed by atoms with E-state index in [0.717, 1.165) is 0 Å². The van der Waals surface area contributed by atoms with Gasteiger partial charge in [0, 0.05) is 18.3 Å². The maximum atomic E-state index is 13.6. The zero-order valence-corrected chi connectivity index (χ0v) is 25.8. The molecule has 0 amide bonds. The third-order valence-electron chi connectivity index (χ3n) is 7.00. The summed E-state index contributed by atoms with van der Waals surface area (Å²) in [6.07, 6.45) is -2.87. The lowest BCUT2D eigenvalue weighted by molar-refractivity contribution is -0.577. The van der Waals surface area contributed by atoms with Crippen LogP contribution in [0.2, 0.25) is 0 Å². The molecule has 0 heterocycles. The number of hydrogen-bond donors (Lipinski definition) is 0. The van der Waals surface area contributed by atoms with Crippen LogP contribution in [0.5, 0.6) is 0 Å². The van der Waals surface area contributed by atoms with Gasteiger partial charge in [0.25, 0.3) is 6.10 Å². The molecular weight excluding hydrogens is 648 g/mol. The highest BCUT2D eigenvalue weighted by molar-refractivity contribution is 5.97. The maximum absolute atomic E-state index is 13.6. The molecule has 4 rings (SSSR count). The summed E-state index contributed by atoms with van der Waals surface area (Å²) in [4.78, 5) is 98.0. The highest BCUT2D eigenvalue weighted by Crippen LogP contribution is 2.44. The van der Waals surface area contributed by atoms with Crippen molar-refractivity contribution in [2.24, 2.45) is 0 Å². The van der Waals surface area contributed by atoms with E-state index in [9.17, 15) is 44.2 Å². The fourth-order valence-corrected chi connectivity index (χ4v) is 4.54. The Hall–Kier alpha value is -6.71. The minimum atomic E-state index is -3.11. The molecule has 1 aliphatic carbocycles. The number of carbonyl (C=O) groups excluding carboxylic acids is 5. The van der Waals surface area contributed by atoms with Gasteiger partial charge in [0.2, 0.25) is 5.76 Å². The van der Waals surface area contributed by atoms with Crippen molar-refractivity contribution in [3.8, 4) is 0 Å². The topological polar surface area (TPSA) is 218 Å². The molecule has 0 saturated heterocycles. The number of esters is 3. The minimum absolute atomic E-state index is 0.111. The number of rotatable bonds is 11. The predicted molar refractivity (Wildman–Crippen MR) is 163 cm³/mol. The second kappa shape index (κ2) is 15.3. The van der Waals surface area contributed by atoms with Gasteiger partial charge in [-0.3, -0.25) is 25.0 Å². The van der Waals surface area contributed by atoms with Crippen molar-refractivity contribution in [3.63, 3.8) is 0 Å². The SMILES string of the molecule is CCCC(=O)OC1=C(OC(=O)c2ccccc2)C(C)([N+](=O)[O-])C(OC(=O)c2ccccc2)C([N+](=O)[O-])=C1C(=O)OOC(=O)c1ccccc1. The lowest BCUT2D eigenvalue weighted by Crippen LogP contribution is -2.56. The molecule has 49 heavy (non-hydrogen) atoms. The highest BCUT2D eigenvalue weighted by atomic mass is 17.2. The molecule has 0 N–H and O–H groups in total. The summed E-state index contributed by atoms with van der Waals surface area (Å²) >= 11 is 0. The molecule has 0 aliphatic heterocycles. The highest BCUT2D eigenvalue weighted by Gasteiger charge is 2.67. The molecule has 3 aromatic rings. The third kappa shape index (κ3) is 7.65. The van der Waals surface area contributed by atoms with Crippen molar-refractivity contribution in [2.75, 3.05) is 0 Å². The first-order chi connectivity index (χ1) is 23.4. The van der Waals surface area contributed by atoms with E-state index in [2.05, 4.69) is 9.78 Å². The van der Waals surface area contributed by atoms with Crippen LogP contribution in [0.3, 0.4) is 0 Å². The Balaban J connectivity index is 1.97. The average molecular weight is 675 g/mol. The Bertz CT molecular complexity index is 1860. The summed E-state index contributed by atoms with van der Waals surface area (Å²) in [6.45, 7) is 2.27. The van der Waals surface area contributed by atoms with Crippen molar-refractivity contribution in [1.29, 1.82) is 0 Å². The van der Waals surface area contributed by atoms with Crippen LogP contribution in [0.1, 0.15) is 57.8 Å². The molecule has 0 aromatic heterocycles. The molecule has 16 nitrogen and oxygen atoms in total. The van der Waals surface area contributed by atoms with E-state index >= 15 is 0 Å². The summed E-state index contributed by atoms with van der Waals surface area (Å²) in [6, 6.07) is 20.9. The van der Waals surface area contributed by atoms with Gasteiger partial charge in [-0.15, -0.1) is 0 Å². The third-order valence-corrected chi connectivity index (χ3v) is 7.00. The molecule has 0 spiro atoms. The first-order valence-electron chi connectivity index (χ1n) is 14.4. The largest absolute Gasteiger partial charge is 0.439 e. The Morgan fingerprint density at radius 1 is 0.694 bits per heavy atom. The molecule has 1 aliphatic rings. The Kier molecular flexibility index (Phi) is 10.9. The van der Waals surface area contributed by atoms with E-state index in [4.69, 9.17) is 14.2 Å². The smallest absolute Gasteiger partial charge is 0.397 e. The van der Waals surface area contributed by atoms with E-state index in [1.807, 2.05) is 0 Å². The van der Waals surface area contributed by atoms with E-state index in [0.29, 0.717) is 6.92 Å². The lowest BCUT2D eigenvalue weighted by atomic mass is 9.82. The van der Waals surface area contributed by atoms with Crippen LogP contribution in [-0.2, 0) is 33.6 Å². The summed E-state index contributed by atoms with van der Waals surface area (Å²) in [5.74, 6) is -9.40. The van der Waals surface area contributed by atoms with Crippen LogP contribution in [0.15, 0.2) is 114 Å². The van der Waals surface area contributed by atoms with Gasteiger partial charge in [-0.25, -0.2) is 29.0 Å². The van der Waals surface area contributed by atoms with Gasteiger partial charge in [0.1, 0.15) is 0 Å². The summed E-state index contributed by atoms with van der Waals surface area (Å²) in [5, 5.41) is 25.6. The van der Waals surface area contributed by atoms with E-state index in [1.165, 1.54) is 78.9 Å². The number of benzene rings is 3. The van der Waals surface area contributed by atoms with Gasteiger partial charge in [-0.2, -0.15) is 0 Å².